The minimum atomic E-state index is -0.614. The number of nitrogens with zero attached hydrogens (tertiary/aromatic N) is 2. The van der Waals surface area contributed by atoms with Crippen molar-refractivity contribution in [2.75, 3.05) is 6.61 Å². The standard InChI is InChI=1S/C18H12Cl4N2O2/c1-2-26-18(25)16-15(22)17(10-3-5-11(19)6-4-10)24(23-16)14-8-7-12(20)9-13(14)21/h3-9H,2H2,1H3. The predicted octanol–water partition coefficient (Wildman–Crippen LogP) is 6.33. The van der Waals surface area contributed by atoms with E-state index in [1.165, 1.54) is 4.68 Å². The van der Waals surface area contributed by atoms with Crippen LogP contribution in [0.2, 0.25) is 20.1 Å². The largest absolute Gasteiger partial charge is 0.461 e. The third-order valence-electron chi connectivity index (χ3n) is 3.55. The third-order valence-corrected chi connectivity index (χ3v) is 4.70. The van der Waals surface area contributed by atoms with Gasteiger partial charge in [-0.1, -0.05) is 58.5 Å². The number of hydrogen-bond donors (Lipinski definition) is 0. The Morgan fingerprint density at radius 3 is 2.31 bits per heavy atom. The normalized spacial score (nSPS) is 10.8. The second kappa shape index (κ2) is 7.89. The van der Waals surface area contributed by atoms with Gasteiger partial charge in [0.25, 0.3) is 0 Å². The summed E-state index contributed by atoms with van der Waals surface area (Å²) in [5.41, 5.74) is 1.74. The summed E-state index contributed by atoms with van der Waals surface area (Å²) in [5.74, 6) is -0.614. The van der Waals surface area contributed by atoms with E-state index >= 15 is 0 Å². The van der Waals surface area contributed by atoms with Gasteiger partial charge in [-0.2, -0.15) is 5.10 Å². The second-order valence-electron chi connectivity index (χ2n) is 5.25. The van der Waals surface area contributed by atoms with Crippen LogP contribution < -0.4 is 0 Å². The van der Waals surface area contributed by atoms with Gasteiger partial charge in [0.15, 0.2) is 5.69 Å². The summed E-state index contributed by atoms with van der Waals surface area (Å²) in [6, 6.07) is 12.0. The lowest BCUT2D eigenvalue weighted by Gasteiger charge is -2.10. The van der Waals surface area contributed by atoms with E-state index in [9.17, 15) is 4.79 Å². The van der Waals surface area contributed by atoms with Crippen molar-refractivity contribution in [1.82, 2.24) is 9.78 Å². The lowest BCUT2D eigenvalue weighted by molar-refractivity contribution is 0.0519. The van der Waals surface area contributed by atoms with Gasteiger partial charge < -0.3 is 4.74 Å². The second-order valence-corrected chi connectivity index (χ2v) is 6.90. The zero-order valence-corrected chi connectivity index (χ0v) is 16.5. The smallest absolute Gasteiger partial charge is 0.360 e. The van der Waals surface area contributed by atoms with Crippen LogP contribution in [-0.4, -0.2) is 22.4 Å². The molecule has 0 saturated carbocycles. The van der Waals surface area contributed by atoms with Crippen molar-refractivity contribution in [3.63, 3.8) is 0 Å². The number of aromatic nitrogens is 2. The number of benzene rings is 2. The van der Waals surface area contributed by atoms with Gasteiger partial charge in [-0.3, -0.25) is 0 Å². The topological polar surface area (TPSA) is 44.1 Å². The highest BCUT2D eigenvalue weighted by molar-refractivity contribution is 6.37. The monoisotopic (exact) mass is 428 g/mol. The molecule has 8 heteroatoms. The van der Waals surface area contributed by atoms with E-state index in [1.54, 1.807) is 49.4 Å². The van der Waals surface area contributed by atoms with Crippen LogP contribution in [-0.2, 0) is 4.74 Å². The van der Waals surface area contributed by atoms with Crippen LogP contribution >= 0.6 is 46.4 Å². The molecule has 0 spiro atoms. The van der Waals surface area contributed by atoms with Gasteiger partial charge in [-0.25, -0.2) is 9.48 Å². The molecule has 3 aromatic rings. The average Bonchev–Trinajstić information content (AvgIpc) is 2.93. The first-order valence-electron chi connectivity index (χ1n) is 7.59. The minimum Gasteiger partial charge on any atom is -0.461 e. The molecule has 2 aromatic carbocycles. The molecule has 4 nitrogen and oxygen atoms in total. The Morgan fingerprint density at radius 1 is 1.04 bits per heavy atom. The van der Waals surface area contributed by atoms with Crippen molar-refractivity contribution >= 4 is 52.4 Å². The zero-order chi connectivity index (χ0) is 18.8. The molecule has 0 amide bonds. The van der Waals surface area contributed by atoms with E-state index in [0.717, 1.165) is 0 Å². The Hall–Kier alpha value is -1.72. The van der Waals surface area contributed by atoms with E-state index in [0.29, 0.717) is 32.0 Å². The summed E-state index contributed by atoms with van der Waals surface area (Å²) in [7, 11) is 0. The average molecular weight is 430 g/mol. The Balaban J connectivity index is 2.26. The molecule has 0 aliphatic rings. The van der Waals surface area contributed by atoms with Crippen LogP contribution in [0.25, 0.3) is 16.9 Å². The molecule has 0 aliphatic heterocycles. The van der Waals surface area contributed by atoms with E-state index in [1.807, 2.05) is 0 Å². The number of halogens is 4. The highest BCUT2D eigenvalue weighted by atomic mass is 35.5. The molecule has 1 heterocycles. The molecule has 0 atom stereocenters. The zero-order valence-electron chi connectivity index (χ0n) is 13.5. The molecule has 0 unspecified atom stereocenters. The molecule has 0 N–H and O–H groups in total. The lowest BCUT2D eigenvalue weighted by Crippen LogP contribution is -2.07. The first-order valence-corrected chi connectivity index (χ1v) is 9.10. The van der Waals surface area contributed by atoms with Crippen LogP contribution in [0.1, 0.15) is 17.4 Å². The number of esters is 1. The van der Waals surface area contributed by atoms with Gasteiger partial charge in [0.1, 0.15) is 5.02 Å². The highest BCUT2D eigenvalue weighted by Crippen LogP contribution is 2.36. The third kappa shape index (κ3) is 3.69. The molecular weight excluding hydrogens is 418 g/mol. The van der Waals surface area contributed by atoms with Crippen molar-refractivity contribution in [2.24, 2.45) is 0 Å². The Labute approximate surface area is 170 Å². The molecule has 0 bridgehead atoms. The highest BCUT2D eigenvalue weighted by Gasteiger charge is 2.25. The van der Waals surface area contributed by atoms with Gasteiger partial charge in [-0.15, -0.1) is 0 Å². The van der Waals surface area contributed by atoms with E-state index in [-0.39, 0.29) is 17.3 Å². The Bertz CT molecular complexity index is 968. The van der Waals surface area contributed by atoms with Crippen LogP contribution in [0.5, 0.6) is 0 Å². The molecule has 3 rings (SSSR count). The predicted molar refractivity (Wildman–Crippen MR) is 105 cm³/mol. The first-order chi connectivity index (χ1) is 12.4. The number of hydrogen-bond acceptors (Lipinski definition) is 3. The summed E-state index contributed by atoms with van der Waals surface area (Å²) in [4.78, 5) is 12.2. The van der Waals surface area contributed by atoms with Crippen molar-refractivity contribution in [2.45, 2.75) is 6.92 Å². The van der Waals surface area contributed by atoms with Gasteiger partial charge in [-0.05, 0) is 37.3 Å². The van der Waals surface area contributed by atoms with Gasteiger partial charge in [0.05, 0.1) is 23.0 Å². The van der Waals surface area contributed by atoms with Crippen LogP contribution in [0, 0.1) is 0 Å². The number of carbonyl (C=O) groups excluding carboxylic acids is 1. The summed E-state index contributed by atoms with van der Waals surface area (Å²) >= 11 is 24.8. The maximum Gasteiger partial charge on any atom is 0.360 e. The molecule has 134 valence electrons. The number of carbonyl (C=O) groups is 1. The summed E-state index contributed by atoms with van der Waals surface area (Å²) in [6.45, 7) is 1.92. The fourth-order valence-electron chi connectivity index (χ4n) is 2.41. The maximum absolute atomic E-state index is 12.2. The SMILES string of the molecule is CCOC(=O)c1nn(-c2ccc(Cl)cc2Cl)c(-c2ccc(Cl)cc2)c1Cl. The van der Waals surface area contributed by atoms with E-state index in [2.05, 4.69) is 5.10 Å². The fourth-order valence-corrected chi connectivity index (χ4v) is 3.33. The van der Waals surface area contributed by atoms with E-state index in [4.69, 9.17) is 51.1 Å². The fraction of sp³-hybridized carbons (Fsp3) is 0.111. The van der Waals surface area contributed by atoms with Crippen molar-refractivity contribution in [3.05, 3.63) is 68.2 Å². The van der Waals surface area contributed by atoms with E-state index < -0.39 is 5.97 Å². The Morgan fingerprint density at radius 2 is 1.69 bits per heavy atom. The summed E-state index contributed by atoms with van der Waals surface area (Å²) in [6.07, 6.45) is 0. The minimum absolute atomic E-state index is 0.00415. The van der Waals surface area contributed by atoms with Gasteiger partial charge in [0, 0.05) is 15.6 Å². The van der Waals surface area contributed by atoms with Crippen molar-refractivity contribution in [1.29, 1.82) is 0 Å². The molecule has 26 heavy (non-hydrogen) atoms. The molecule has 0 fully saturated rings. The van der Waals surface area contributed by atoms with Crippen LogP contribution in [0.3, 0.4) is 0 Å². The Kier molecular flexibility index (Phi) is 5.78. The number of ether oxygens (including phenoxy) is 1. The molecule has 0 aliphatic carbocycles. The molecule has 0 saturated heterocycles. The quantitative estimate of drug-likeness (QED) is 0.455. The van der Waals surface area contributed by atoms with Crippen molar-refractivity contribution < 1.29 is 9.53 Å². The van der Waals surface area contributed by atoms with Crippen LogP contribution in [0.4, 0.5) is 0 Å². The van der Waals surface area contributed by atoms with Crippen molar-refractivity contribution in [3.8, 4) is 16.9 Å². The molecule has 1 aromatic heterocycles. The van der Waals surface area contributed by atoms with Gasteiger partial charge >= 0.3 is 5.97 Å². The van der Waals surface area contributed by atoms with Gasteiger partial charge in [0.2, 0.25) is 0 Å². The molecular formula is C18H12Cl4N2O2. The number of rotatable bonds is 4. The lowest BCUT2D eigenvalue weighted by atomic mass is 10.1. The molecule has 0 radical (unpaired) electrons. The first kappa shape index (κ1) is 19.1. The summed E-state index contributed by atoms with van der Waals surface area (Å²) < 4.78 is 6.54. The van der Waals surface area contributed by atoms with Crippen LogP contribution in [0.15, 0.2) is 42.5 Å². The maximum atomic E-state index is 12.2. The summed E-state index contributed by atoms with van der Waals surface area (Å²) in [5, 5.41) is 5.92.